The molecule has 1 unspecified atom stereocenters. The minimum atomic E-state index is -1.06. The number of para-hydroxylation sites is 1. The monoisotopic (exact) mass is 315 g/mol. The third-order valence-corrected chi connectivity index (χ3v) is 3.92. The number of carbonyl (C=O) groups excluding carboxylic acids is 1. The molecule has 7 heteroatoms. The molecule has 0 bridgehead atoms. The van der Waals surface area contributed by atoms with Gasteiger partial charge in [-0.1, -0.05) is 18.2 Å². The number of carboxylic acid groups (broad SMARTS) is 1. The standard InChI is InChI=1S/C16H17N3O4/c1-11-13(9-17-19(11)12-5-3-2-4-6-12)15(20)18-7-8-23-10-14(18)16(21)22/h2-6,9,14H,7-8,10H2,1H3,(H,21,22). The SMILES string of the molecule is Cc1c(C(=O)N2CCOCC2C(=O)O)cnn1-c1ccccc1. The van der Waals surface area contributed by atoms with Crippen LogP contribution in [0.15, 0.2) is 36.5 Å². The van der Waals surface area contributed by atoms with Crippen LogP contribution in [0.4, 0.5) is 0 Å². The average molecular weight is 315 g/mol. The van der Waals surface area contributed by atoms with E-state index >= 15 is 0 Å². The second kappa shape index (κ2) is 6.21. The molecule has 0 aliphatic carbocycles. The predicted molar refractivity (Wildman–Crippen MR) is 81.6 cm³/mol. The van der Waals surface area contributed by atoms with Crippen molar-refractivity contribution in [1.29, 1.82) is 0 Å². The molecule has 1 amide bonds. The van der Waals surface area contributed by atoms with Crippen molar-refractivity contribution in [2.75, 3.05) is 19.8 Å². The smallest absolute Gasteiger partial charge is 0.328 e. The second-order valence-corrected chi connectivity index (χ2v) is 5.32. The summed E-state index contributed by atoms with van der Waals surface area (Å²) in [5.74, 6) is -1.40. The van der Waals surface area contributed by atoms with Gasteiger partial charge in [0.15, 0.2) is 6.04 Å². The maximum Gasteiger partial charge on any atom is 0.328 e. The van der Waals surface area contributed by atoms with E-state index in [0.29, 0.717) is 17.9 Å². The Morgan fingerprint density at radius 2 is 2.04 bits per heavy atom. The highest BCUT2D eigenvalue weighted by Gasteiger charge is 2.34. The van der Waals surface area contributed by atoms with Crippen molar-refractivity contribution < 1.29 is 19.4 Å². The summed E-state index contributed by atoms with van der Waals surface area (Å²) in [6.45, 7) is 2.39. The molecule has 0 radical (unpaired) electrons. The number of nitrogens with zero attached hydrogens (tertiary/aromatic N) is 3. The first kappa shape index (κ1) is 15.2. The Bertz CT molecular complexity index is 726. The highest BCUT2D eigenvalue weighted by Crippen LogP contribution is 2.18. The van der Waals surface area contributed by atoms with Crippen molar-refractivity contribution in [3.8, 4) is 5.69 Å². The Kier molecular flexibility index (Phi) is 4.12. The zero-order valence-electron chi connectivity index (χ0n) is 12.7. The van der Waals surface area contributed by atoms with E-state index < -0.39 is 12.0 Å². The number of amides is 1. The predicted octanol–water partition coefficient (Wildman–Crippen LogP) is 1.11. The number of benzene rings is 1. The Labute approximate surface area is 133 Å². The summed E-state index contributed by atoms with van der Waals surface area (Å²) in [5.41, 5.74) is 1.93. The number of ether oxygens (including phenoxy) is 1. The van der Waals surface area contributed by atoms with Gasteiger partial charge in [0.25, 0.3) is 5.91 Å². The second-order valence-electron chi connectivity index (χ2n) is 5.32. The summed E-state index contributed by atoms with van der Waals surface area (Å²) in [7, 11) is 0. The van der Waals surface area contributed by atoms with Crippen LogP contribution in [0, 0.1) is 6.92 Å². The average Bonchev–Trinajstić information content (AvgIpc) is 2.96. The third kappa shape index (κ3) is 2.83. The van der Waals surface area contributed by atoms with Crippen molar-refractivity contribution in [1.82, 2.24) is 14.7 Å². The van der Waals surface area contributed by atoms with Gasteiger partial charge in [-0.05, 0) is 19.1 Å². The van der Waals surface area contributed by atoms with E-state index in [2.05, 4.69) is 5.10 Å². The highest BCUT2D eigenvalue weighted by molar-refractivity contribution is 5.97. The fourth-order valence-corrected chi connectivity index (χ4v) is 2.66. The molecule has 1 aromatic carbocycles. The summed E-state index contributed by atoms with van der Waals surface area (Å²) in [5, 5.41) is 13.5. The van der Waals surface area contributed by atoms with E-state index in [1.54, 1.807) is 11.6 Å². The van der Waals surface area contributed by atoms with E-state index in [1.807, 2.05) is 30.3 Å². The number of hydrogen-bond donors (Lipinski definition) is 1. The number of aromatic nitrogens is 2. The summed E-state index contributed by atoms with van der Waals surface area (Å²) in [4.78, 5) is 25.4. The van der Waals surface area contributed by atoms with Gasteiger partial charge < -0.3 is 14.7 Å². The topological polar surface area (TPSA) is 84.7 Å². The van der Waals surface area contributed by atoms with Gasteiger partial charge in [0.05, 0.1) is 36.4 Å². The van der Waals surface area contributed by atoms with Crippen LogP contribution in [0.2, 0.25) is 0 Å². The van der Waals surface area contributed by atoms with Crippen molar-refractivity contribution in [2.24, 2.45) is 0 Å². The molecular weight excluding hydrogens is 298 g/mol. The molecule has 1 aromatic heterocycles. The first-order chi connectivity index (χ1) is 11.1. The first-order valence-electron chi connectivity index (χ1n) is 7.31. The van der Waals surface area contributed by atoms with Crippen LogP contribution >= 0.6 is 0 Å². The van der Waals surface area contributed by atoms with E-state index in [0.717, 1.165) is 5.69 Å². The van der Waals surface area contributed by atoms with Crippen molar-refractivity contribution in [3.05, 3.63) is 47.8 Å². The molecule has 1 aliphatic rings. The van der Waals surface area contributed by atoms with E-state index in [9.17, 15) is 14.7 Å². The Morgan fingerprint density at radius 1 is 1.30 bits per heavy atom. The highest BCUT2D eigenvalue weighted by atomic mass is 16.5. The van der Waals surface area contributed by atoms with Gasteiger partial charge in [0.1, 0.15) is 0 Å². The largest absolute Gasteiger partial charge is 0.480 e. The summed E-state index contributed by atoms with van der Waals surface area (Å²) in [6, 6.07) is 8.50. The Morgan fingerprint density at radius 3 is 2.74 bits per heavy atom. The summed E-state index contributed by atoms with van der Waals surface area (Å²) < 4.78 is 6.84. The van der Waals surface area contributed by atoms with Crippen LogP contribution in [-0.2, 0) is 9.53 Å². The van der Waals surface area contributed by atoms with E-state index in [-0.39, 0.29) is 19.1 Å². The van der Waals surface area contributed by atoms with Crippen molar-refractivity contribution >= 4 is 11.9 Å². The number of aliphatic carboxylic acids is 1. The minimum Gasteiger partial charge on any atom is -0.480 e. The number of carboxylic acids is 1. The van der Waals surface area contributed by atoms with Gasteiger partial charge in [-0.25, -0.2) is 9.48 Å². The molecule has 1 aliphatic heterocycles. The first-order valence-corrected chi connectivity index (χ1v) is 7.31. The lowest BCUT2D eigenvalue weighted by Crippen LogP contribution is -2.52. The van der Waals surface area contributed by atoms with Crippen LogP contribution < -0.4 is 0 Å². The quantitative estimate of drug-likeness (QED) is 0.917. The van der Waals surface area contributed by atoms with Crippen LogP contribution in [0.1, 0.15) is 16.1 Å². The molecule has 1 N–H and O–H groups in total. The van der Waals surface area contributed by atoms with Crippen LogP contribution in [0.25, 0.3) is 5.69 Å². The maximum atomic E-state index is 12.7. The van der Waals surface area contributed by atoms with Crippen molar-refractivity contribution in [3.63, 3.8) is 0 Å². The fraction of sp³-hybridized carbons (Fsp3) is 0.312. The molecule has 1 saturated heterocycles. The summed E-state index contributed by atoms with van der Waals surface area (Å²) in [6.07, 6.45) is 1.49. The molecule has 3 rings (SSSR count). The molecule has 1 atom stereocenters. The Hall–Kier alpha value is -2.67. The van der Waals surface area contributed by atoms with Gasteiger partial charge in [0, 0.05) is 6.54 Å². The maximum absolute atomic E-state index is 12.7. The molecule has 2 aromatic rings. The normalized spacial score (nSPS) is 18.0. The zero-order chi connectivity index (χ0) is 16.4. The van der Waals surface area contributed by atoms with Gasteiger partial charge in [0.2, 0.25) is 0 Å². The molecule has 7 nitrogen and oxygen atoms in total. The van der Waals surface area contributed by atoms with E-state index in [1.165, 1.54) is 11.1 Å². The number of hydrogen-bond acceptors (Lipinski definition) is 4. The lowest BCUT2D eigenvalue weighted by Gasteiger charge is -2.32. The lowest BCUT2D eigenvalue weighted by molar-refractivity contribution is -0.147. The van der Waals surface area contributed by atoms with Crippen LogP contribution in [0.5, 0.6) is 0 Å². The van der Waals surface area contributed by atoms with Gasteiger partial charge in [-0.2, -0.15) is 5.10 Å². The van der Waals surface area contributed by atoms with Gasteiger partial charge in [-0.15, -0.1) is 0 Å². The molecule has 23 heavy (non-hydrogen) atoms. The Balaban J connectivity index is 1.91. The molecule has 2 heterocycles. The van der Waals surface area contributed by atoms with Crippen molar-refractivity contribution in [2.45, 2.75) is 13.0 Å². The molecular formula is C16H17N3O4. The summed E-state index contributed by atoms with van der Waals surface area (Å²) >= 11 is 0. The fourth-order valence-electron chi connectivity index (χ4n) is 2.66. The van der Waals surface area contributed by atoms with Crippen LogP contribution in [-0.4, -0.2) is 57.5 Å². The van der Waals surface area contributed by atoms with Crippen LogP contribution in [0.3, 0.4) is 0 Å². The van der Waals surface area contributed by atoms with Gasteiger partial charge in [-0.3, -0.25) is 4.79 Å². The molecule has 0 saturated carbocycles. The number of morpholine rings is 1. The van der Waals surface area contributed by atoms with Gasteiger partial charge >= 0.3 is 5.97 Å². The zero-order valence-corrected chi connectivity index (χ0v) is 12.7. The number of carbonyl (C=O) groups is 2. The van der Waals surface area contributed by atoms with E-state index in [4.69, 9.17) is 4.74 Å². The lowest BCUT2D eigenvalue weighted by atomic mass is 10.1. The minimum absolute atomic E-state index is 0.00689. The molecule has 120 valence electrons. The molecule has 0 spiro atoms. The number of rotatable bonds is 3. The molecule has 1 fully saturated rings. The third-order valence-electron chi connectivity index (χ3n) is 3.92.